The van der Waals surface area contributed by atoms with Crippen molar-refractivity contribution < 1.29 is 9.47 Å². The summed E-state index contributed by atoms with van der Waals surface area (Å²) in [5, 5.41) is 0. The Morgan fingerprint density at radius 3 is 2.26 bits per heavy atom. The summed E-state index contributed by atoms with van der Waals surface area (Å²) in [5.74, 6) is 1.71. The molecule has 0 aliphatic heterocycles. The van der Waals surface area contributed by atoms with Crippen molar-refractivity contribution in [3.8, 4) is 11.5 Å². The third-order valence-corrected chi connectivity index (χ3v) is 3.32. The van der Waals surface area contributed by atoms with E-state index in [9.17, 15) is 0 Å². The van der Waals surface area contributed by atoms with E-state index in [1.807, 2.05) is 36.4 Å². The highest BCUT2D eigenvalue weighted by Gasteiger charge is 1.98. The number of benzene rings is 2. The zero-order valence-electron chi connectivity index (χ0n) is 13.3. The van der Waals surface area contributed by atoms with Crippen LogP contribution in [0.4, 0.5) is 0 Å². The molecule has 2 rings (SSSR count). The number of nitrogens with zero attached hydrogens (tertiary/aromatic N) is 1. The van der Waals surface area contributed by atoms with E-state index in [1.54, 1.807) is 19.4 Å². The van der Waals surface area contributed by atoms with Gasteiger partial charge in [0.05, 0.1) is 7.11 Å². The summed E-state index contributed by atoms with van der Waals surface area (Å²) in [6.07, 6.45) is 5.80. The van der Waals surface area contributed by atoms with Gasteiger partial charge in [-0.3, -0.25) is 4.99 Å². The first-order chi connectivity index (χ1) is 11.3. The van der Waals surface area contributed by atoms with Gasteiger partial charge in [-0.2, -0.15) is 0 Å². The van der Waals surface area contributed by atoms with E-state index >= 15 is 0 Å². The fourth-order valence-electron chi connectivity index (χ4n) is 2.02. The molecule has 0 aliphatic carbocycles. The van der Waals surface area contributed by atoms with Crippen LogP contribution in [0.2, 0.25) is 0 Å². The van der Waals surface area contributed by atoms with Crippen LogP contribution < -0.4 is 15.2 Å². The molecule has 0 amide bonds. The summed E-state index contributed by atoms with van der Waals surface area (Å²) in [4.78, 5) is 4.24. The van der Waals surface area contributed by atoms with Crippen molar-refractivity contribution in [1.29, 1.82) is 0 Å². The molecule has 0 aromatic heterocycles. The van der Waals surface area contributed by atoms with Crippen molar-refractivity contribution >= 4 is 6.21 Å². The van der Waals surface area contributed by atoms with Crippen LogP contribution in [-0.4, -0.2) is 19.9 Å². The zero-order chi connectivity index (χ0) is 16.3. The molecule has 0 heterocycles. The van der Waals surface area contributed by atoms with Crippen LogP contribution in [0.1, 0.15) is 11.1 Å². The highest BCUT2D eigenvalue weighted by Crippen LogP contribution is 2.16. The van der Waals surface area contributed by atoms with E-state index in [-0.39, 0.29) is 0 Å². The smallest absolute Gasteiger partial charge is 0.119 e. The summed E-state index contributed by atoms with van der Waals surface area (Å²) >= 11 is 0. The van der Waals surface area contributed by atoms with Gasteiger partial charge in [0, 0.05) is 12.8 Å². The highest BCUT2D eigenvalue weighted by molar-refractivity contribution is 5.70. The zero-order valence-corrected chi connectivity index (χ0v) is 13.3. The number of hydrogen-bond donors (Lipinski definition) is 1. The number of aliphatic imine (C=N–C) groups is 1. The van der Waals surface area contributed by atoms with Crippen LogP contribution in [0, 0.1) is 0 Å². The Balaban J connectivity index is 1.79. The maximum atomic E-state index is 5.78. The maximum Gasteiger partial charge on any atom is 0.119 e. The van der Waals surface area contributed by atoms with Crippen LogP contribution in [0.5, 0.6) is 11.5 Å². The average molecular weight is 310 g/mol. The van der Waals surface area contributed by atoms with Gasteiger partial charge in [0.1, 0.15) is 18.1 Å². The fourth-order valence-corrected chi connectivity index (χ4v) is 2.02. The Morgan fingerprint density at radius 2 is 1.61 bits per heavy atom. The molecule has 0 radical (unpaired) electrons. The first-order valence-corrected chi connectivity index (χ1v) is 7.53. The van der Waals surface area contributed by atoms with E-state index in [0.29, 0.717) is 6.61 Å². The van der Waals surface area contributed by atoms with Crippen LogP contribution in [0.15, 0.2) is 65.8 Å². The number of hydrogen-bond acceptors (Lipinski definition) is 4. The topological polar surface area (TPSA) is 56.8 Å². The Kier molecular flexibility index (Phi) is 6.72. The van der Waals surface area contributed by atoms with E-state index < -0.39 is 0 Å². The number of ether oxygens (including phenoxy) is 2. The molecule has 0 fully saturated rings. The predicted octanol–water partition coefficient (Wildman–Crippen LogP) is 3.36. The lowest BCUT2D eigenvalue weighted by atomic mass is 10.1. The monoisotopic (exact) mass is 310 g/mol. The molecule has 0 saturated heterocycles. The molecule has 0 atom stereocenters. The van der Waals surface area contributed by atoms with Crippen molar-refractivity contribution in [2.24, 2.45) is 10.7 Å². The Hall–Kier alpha value is -2.75. The molecule has 2 aromatic carbocycles. The van der Waals surface area contributed by atoms with Crippen molar-refractivity contribution in [3.05, 3.63) is 71.9 Å². The second-order valence-corrected chi connectivity index (χ2v) is 4.97. The molecule has 0 unspecified atom stereocenters. The maximum absolute atomic E-state index is 5.78. The van der Waals surface area contributed by atoms with E-state index in [2.05, 4.69) is 17.1 Å². The number of nitrogens with two attached hydrogens (primary N) is 1. The first kappa shape index (κ1) is 16.6. The molecule has 0 aliphatic rings. The van der Waals surface area contributed by atoms with Gasteiger partial charge in [0.2, 0.25) is 0 Å². The Morgan fingerprint density at radius 1 is 0.957 bits per heavy atom. The average Bonchev–Trinajstić information content (AvgIpc) is 2.61. The molecular formula is C19H22N2O2. The Bertz CT molecular complexity index is 631. The van der Waals surface area contributed by atoms with Crippen molar-refractivity contribution in [2.45, 2.75) is 13.0 Å². The third-order valence-electron chi connectivity index (χ3n) is 3.32. The van der Waals surface area contributed by atoms with E-state index in [0.717, 1.165) is 30.0 Å². The minimum atomic E-state index is 0.541. The van der Waals surface area contributed by atoms with Gasteiger partial charge in [-0.1, -0.05) is 24.3 Å². The van der Waals surface area contributed by atoms with Gasteiger partial charge in [0.15, 0.2) is 0 Å². The third kappa shape index (κ3) is 5.87. The van der Waals surface area contributed by atoms with Crippen molar-refractivity contribution in [3.63, 3.8) is 0 Å². The second-order valence-electron chi connectivity index (χ2n) is 4.97. The lowest BCUT2D eigenvalue weighted by molar-refractivity contribution is 0.306. The van der Waals surface area contributed by atoms with Gasteiger partial charge in [-0.15, -0.1) is 0 Å². The van der Waals surface area contributed by atoms with Crippen LogP contribution in [-0.2, 0) is 13.0 Å². The lowest BCUT2D eigenvalue weighted by Gasteiger charge is -2.08. The first-order valence-electron chi connectivity index (χ1n) is 7.53. The minimum absolute atomic E-state index is 0.541. The molecular weight excluding hydrogens is 288 g/mol. The number of methoxy groups -OCH3 is 1. The van der Waals surface area contributed by atoms with Gasteiger partial charge >= 0.3 is 0 Å². The fraction of sp³-hybridized carbons (Fsp3) is 0.211. The molecule has 2 N–H and O–H groups in total. The molecule has 120 valence electrons. The number of rotatable bonds is 8. The molecule has 0 saturated carbocycles. The Labute approximate surface area is 137 Å². The molecule has 0 spiro atoms. The second kappa shape index (κ2) is 9.30. The molecule has 0 bridgehead atoms. The van der Waals surface area contributed by atoms with Gasteiger partial charge in [-0.25, -0.2) is 0 Å². The quantitative estimate of drug-likeness (QED) is 0.761. The van der Waals surface area contributed by atoms with Gasteiger partial charge in [0.25, 0.3) is 0 Å². The lowest BCUT2D eigenvalue weighted by Crippen LogP contribution is -1.96. The predicted molar refractivity (Wildman–Crippen MR) is 94.2 cm³/mol. The summed E-state index contributed by atoms with van der Waals surface area (Å²) in [7, 11) is 1.66. The van der Waals surface area contributed by atoms with E-state index in [4.69, 9.17) is 15.2 Å². The summed E-state index contributed by atoms with van der Waals surface area (Å²) < 4.78 is 10.9. The summed E-state index contributed by atoms with van der Waals surface area (Å²) in [5.41, 5.74) is 7.57. The number of allylic oxidation sites excluding steroid dienone is 1. The SMILES string of the molecule is COc1ccc(COc2ccc(CCN=C/C=C\N)cc2)cc1. The molecule has 4 heteroatoms. The summed E-state index contributed by atoms with van der Waals surface area (Å²) in [6, 6.07) is 16.0. The largest absolute Gasteiger partial charge is 0.497 e. The van der Waals surface area contributed by atoms with Crippen molar-refractivity contribution in [2.75, 3.05) is 13.7 Å². The van der Waals surface area contributed by atoms with Crippen molar-refractivity contribution in [1.82, 2.24) is 0 Å². The van der Waals surface area contributed by atoms with Crippen LogP contribution in [0.3, 0.4) is 0 Å². The summed E-state index contributed by atoms with van der Waals surface area (Å²) in [6.45, 7) is 1.29. The highest BCUT2D eigenvalue weighted by atomic mass is 16.5. The normalized spacial score (nSPS) is 11.2. The molecule has 2 aromatic rings. The van der Waals surface area contributed by atoms with E-state index in [1.165, 1.54) is 11.8 Å². The van der Waals surface area contributed by atoms with Gasteiger partial charge < -0.3 is 15.2 Å². The van der Waals surface area contributed by atoms with Crippen LogP contribution in [0.25, 0.3) is 0 Å². The minimum Gasteiger partial charge on any atom is -0.497 e. The molecule has 23 heavy (non-hydrogen) atoms. The van der Waals surface area contributed by atoms with Crippen LogP contribution >= 0.6 is 0 Å². The van der Waals surface area contributed by atoms with Gasteiger partial charge in [-0.05, 0) is 54.1 Å². The molecule has 4 nitrogen and oxygen atoms in total. The standard InChI is InChI=1S/C19H22N2O2/c1-22-18-7-5-17(6-8-18)15-23-19-9-3-16(4-10-19)11-14-21-13-2-12-20/h2-10,12-13H,11,14-15,20H2,1H3/b12-2-,21-13?.